The predicted octanol–water partition coefficient (Wildman–Crippen LogP) is 8.35. The summed E-state index contributed by atoms with van der Waals surface area (Å²) in [6, 6.07) is 47.4. The van der Waals surface area contributed by atoms with Crippen molar-refractivity contribution in [2.45, 2.75) is 0 Å². The summed E-state index contributed by atoms with van der Waals surface area (Å²) < 4.78 is 0. The van der Waals surface area contributed by atoms with Crippen molar-refractivity contribution in [1.82, 2.24) is 0 Å². The van der Waals surface area contributed by atoms with Crippen LogP contribution >= 0.6 is 0 Å². The van der Waals surface area contributed by atoms with Crippen LogP contribution < -0.4 is 0 Å². The summed E-state index contributed by atoms with van der Waals surface area (Å²) in [5.41, 5.74) is 9.96. The molecular weight excluding hydrogens is 360 g/mol. The highest BCUT2D eigenvalue weighted by Crippen LogP contribution is 2.36. The molecule has 0 nitrogen and oxygen atoms in total. The molecule has 0 saturated heterocycles. The van der Waals surface area contributed by atoms with E-state index < -0.39 is 0 Å². The minimum absolute atomic E-state index is 1.23. The van der Waals surface area contributed by atoms with Gasteiger partial charge in [-0.15, -0.1) is 0 Å². The van der Waals surface area contributed by atoms with Crippen molar-refractivity contribution in [3.05, 3.63) is 133 Å². The number of hydrogen-bond donors (Lipinski definition) is 0. The average Bonchev–Trinajstić information content (AvgIpc) is 2.85. The Bertz CT molecular complexity index is 1170. The Balaban J connectivity index is 1.64. The van der Waals surface area contributed by atoms with Gasteiger partial charge >= 0.3 is 0 Å². The largest absolute Gasteiger partial charge is 0.0622 e. The second-order valence-corrected chi connectivity index (χ2v) is 7.40. The van der Waals surface area contributed by atoms with Crippen LogP contribution in [0.15, 0.2) is 133 Å². The van der Waals surface area contributed by atoms with Gasteiger partial charge in [0.15, 0.2) is 0 Å². The maximum atomic E-state index is 2.31. The summed E-state index contributed by atoms with van der Waals surface area (Å²) in [4.78, 5) is 0. The third-order valence-electron chi connectivity index (χ3n) is 5.51. The topological polar surface area (TPSA) is 0 Å². The molecule has 5 aromatic carbocycles. The van der Waals surface area contributed by atoms with Crippen molar-refractivity contribution in [2.24, 2.45) is 0 Å². The Labute approximate surface area is 178 Å². The average molecular weight is 383 g/mol. The molecule has 0 heteroatoms. The van der Waals surface area contributed by atoms with Gasteiger partial charge in [0.05, 0.1) is 0 Å². The lowest BCUT2D eigenvalue weighted by Crippen LogP contribution is -1.88. The molecule has 0 atom stereocenters. The van der Waals surface area contributed by atoms with Crippen LogP contribution in [0.25, 0.3) is 44.5 Å². The molecule has 0 aliphatic heterocycles. The van der Waals surface area contributed by atoms with Crippen LogP contribution in [-0.2, 0) is 0 Å². The molecule has 0 radical (unpaired) electrons. The van der Waals surface area contributed by atoms with E-state index in [1.807, 2.05) is 0 Å². The standard InChI is InChI=1S/C30H22/c1-3-12-23(13-4-1)27-18-7-9-20-29(27)25-16-11-17-26(22-25)30-21-10-8-19-28(30)24-14-5-2-6-15-24/h1-22H. The quantitative estimate of drug-likeness (QED) is 0.293. The molecule has 5 rings (SSSR count). The van der Waals surface area contributed by atoms with Crippen molar-refractivity contribution >= 4 is 0 Å². The van der Waals surface area contributed by atoms with Gasteiger partial charge in [-0.25, -0.2) is 0 Å². The molecule has 142 valence electrons. The maximum absolute atomic E-state index is 2.31. The molecular formula is C30H22. The number of benzene rings is 5. The Hall–Kier alpha value is -3.90. The van der Waals surface area contributed by atoms with Gasteiger partial charge in [-0.1, -0.05) is 127 Å². The molecule has 0 aromatic heterocycles. The zero-order valence-corrected chi connectivity index (χ0v) is 16.7. The minimum Gasteiger partial charge on any atom is -0.0622 e. The van der Waals surface area contributed by atoms with E-state index in [4.69, 9.17) is 0 Å². The molecule has 0 saturated carbocycles. The van der Waals surface area contributed by atoms with E-state index in [9.17, 15) is 0 Å². The number of hydrogen-bond acceptors (Lipinski definition) is 0. The molecule has 30 heavy (non-hydrogen) atoms. The van der Waals surface area contributed by atoms with E-state index >= 15 is 0 Å². The van der Waals surface area contributed by atoms with Gasteiger partial charge < -0.3 is 0 Å². The van der Waals surface area contributed by atoms with E-state index in [0.717, 1.165) is 0 Å². The van der Waals surface area contributed by atoms with Crippen LogP contribution in [0.3, 0.4) is 0 Å². The van der Waals surface area contributed by atoms with Crippen molar-refractivity contribution in [3.63, 3.8) is 0 Å². The molecule has 0 unspecified atom stereocenters. The zero-order chi connectivity index (χ0) is 20.2. The van der Waals surface area contributed by atoms with Gasteiger partial charge in [0.2, 0.25) is 0 Å². The van der Waals surface area contributed by atoms with E-state index in [0.29, 0.717) is 0 Å². The zero-order valence-electron chi connectivity index (χ0n) is 16.7. The lowest BCUT2D eigenvalue weighted by Gasteiger charge is -2.14. The second-order valence-electron chi connectivity index (χ2n) is 7.40. The molecule has 0 aliphatic rings. The van der Waals surface area contributed by atoms with E-state index in [2.05, 4.69) is 133 Å². The van der Waals surface area contributed by atoms with Crippen LogP contribution in [0.2, 0.25) is 0 Å². The first-order chi connectivity index (χ1) is 14.9. The Morgan fingerprint density at radius 1 is 0.233 bits per heavy atom. The number of rotatable bonds is 4. The third-order valence-corrected chi connectivity index (χ3v) is 5.51. The van der Waals surface area contributed by atoms with Gasteiger partial charge in [-0.3, -0.25) is 0 Å². The van der Waals surface area contributed by atoms with Crippen molar-refractivity contribution < 1.29 is 0 Å². The summed E-state index contributed by atoms with van der Waals surface area (Å²) >= 11 is 0. The first-order valence-corrected chi connectivity index (χ1v) is 10.3. The monoisotopic (exact) mass is 382 g/mol. The molecule has 0 amide bonds. The van der Waals surface area contributed by atoms with Crippen molar-refractivity contribution in [2.75, 3.05) is 0 Å². The highest BCUT2D eigenvalue weighted by Gasteiger charge is 2.10. The molecule has 5 aromatic rings. The first kappa shape index (κ1) is 18.1. The molecule has 0 aliphatic carbocycles. The van der Waals surface area contributed by atoms with Crippen LogP contribution in [0.5, 0.6) is 0 Å². The minimum atomic E-state index is 1.23. The highest BCUT2D eigenvalue weighted by molar-refractivity contribution is 5.88. The van der Waals surface area contributed by atoms with Crippen LogP contribution in [0, 0.1) is 0 Å². The fourth-order valence-corrected chi connectivity index (χ4v) is 4.06. The van der Waals surface area contributed by atoms with Gasteiger partial charge in [0.1, 0.15) is 0 Å². The van der Waals surface area contributed by atoms with E-state index in [1.54, 1.807) is 0 Å². The second kappa shape index (κ2) is 8.23. The lowest BCUT2D eigenvalue weighted by molar-refractivity contribution is 1.56. The highest BCUT2D eigenvalue weighted by atomic mass is 14.1. The molecule has 0 N–H and O–H groups in total. The van der Waals surface area contributed by atoms with Crippen LogP contribution in [-0.4, -0.2) is 0 Å². The van der Waals surface area contributed by atoms with Gasteiger partial charge in [0.25, 0.3) is 0 Å². The van der Waals surface area contributed by atoms with Gasteiger partial charge in [0, 0.05) is 0 Å². The molecule has 0 spiro atoms. The van der Waals surface area contributed by atoms with Crippen LogP contribution in [0.4, 0.5) is 0 Å². The fraction of sp³-hybridized carbons (Fsp3) is 0. The third kappa shape index (κ3) is 3.56. The summed E-state index contributed by atoms with van der Waals surface area (Å²) in [5, 5.41) is 0. The van der Waals surface area contributed by atoms with Crippen molar-refractivity contribution in [1.29, 1.82) is 0 Å². The Kier molecular flexibility index (Phi) is 4.98. The Morgan fingerprint density at radius 2 is 0.533 bits per heavy atom. The maximum Gasteiger partial charge on any atom is -0.0105 e. The Morgan fingerprint density at radius 3 is 0.933 bits per heavy atom. The van der Waals surface area contributed by atoms with Crippen molar-refractivity contribution in [3.8, 4) is 44.5 Å². The summed E-state index contributed by atoms with van der Waals surface area (Å²) in [5.74, 6) is 0. The predicted molar refractivity (Wildman–Crippen MR) is 128 cm³/mol. The summed E-state index contributed by atoms with van der Waals surface area (Å²) in [7, 11) is 0. The summed E-state index contributed by atoms with van der Waals surface area (Å²) in [6.07, 6.45) is 0. The van der Waals surface area contributed by atoms with E-state index in [1.165, 1.54) is 44.5 Å². The molecule has 0 fully saturated rings. The van der Waals surface area contributed by atoms with E-state index in [-0.39, 0.29) is 0 Å². The van der Waals surface area contributed by atoms with Crippen LogP contribution in [0.1, 0.15) is 0 Å². The van der Waals surface area contributed by atoms with Gasteiger partial charge in [-0.05, 0) is 50.6 Å². The molecule has 0 heterocycles. The van der Waals surface area contributed by atoms with Gasteiger partial charge in [-0.2, -0.15) is 0 Å². The smallest absolute Gasteiger partial charge is 0.0105 e. The SMILES string of the molecule is c1ccc(-c2ccccc2-c2cccc(-c3ccccc3-c3ccccc3)c2)cc1. The molecule has 0 bridgehead atoms. The lowest BCUT2D eigenvalue weighted by atomic mass is 9.90. The normalized spacial score (nSPS) is 10.7. The summed E-state index contributed by atoms with van der Waals surface area (Å²) in [6.45, 7) is 0. The fourth-order valence-electron chi connectivity index (χ4n) is 4.06. The first-order valence-electron chi connectivity index (χ1n) is 10.3.